The van der Waals surface area contributed by atoms with Crippen LogP contribution in [0.1, 0.15) is 0 Å². The van der Waals surface area contributed by atoms with Gasteiger partial charge in [0, 0.05) is 61.0 Å². The molecule has 0 aliphatic rings. The first-order valence-electron chi connectivity index (χ1n) is 22.7. The molecule has 0 unspecified atom stereocenters. The quantitative estimate of drug-likeness (QED) is 0.145. The van der Waals surface area contributed by atoms with Crippen molar-refractivity contribution in [2.24, 2.45) is 0 Å². The second-order valence-electron chi connectivity index (χ2n) is 16.7. The molecule has 0 saturated carbocycles. The Kier molecular flexibility index (Phi) is 10.2. The topological polar surface area (TPSA) is 43.6 Å². The van der Waals surface area contributed by atoms with Crippen molar-refractivity contribution in [3.8, 4) is 95.5 Å². The Hall–Kier alpha value is -8.99. The molecule has 12 aromatic rings. The van der Waals surface area contributed by atoms with Crippen molar-refractivity contribution in [2.75, 3.05) is 0 Å². The van der Waals surface area contributed by atoms with Crippen molar-refractivity contribution in [3.05, 3.63) is 255 Å². The lowest BCUT2D eigenvalue weighted by Gasteiger charge is -2.23. The smallest absolute Gasteiger partial charge is 0.160 e. The average molecular weight is 855 g/mol. The third-order valence-electron chi connectivity index (χ3n) is 12.6. The predicted octanol–water partition coefficient (Wildman–Crippen LogP) is 16.3. The Morgan fingerprint density at radius 2 is 0.642 bits per heavy atom. The molecule has 0 radical (unpaired) electrons. The van der Waals surface area contributed by atoms with Crippen LogP contribution in [0.3, 0.4) is 0 Å². The summed E-state index contributed by atoms with van der Waals surface area (Å²) < 4.78 is 2.35. The molecule has 4 nitrogen and oxygen atoms in total. The van der Waals surface area contributed by atoms with E-state index >= 15 is 0 Å². The van der Waals surface area contributed by atoms with Crippen LogP contribution in [0.5, 0.6) is 0 Å². The van der Waals surface area contributed by atoms with E-state index in [9.17, 15) is 0 Å². The van der Waals surface area contributed by atoms with Crippen molar-refractivity contribution < 1.29 is 0 Å². The van der Waals surface area contributed by atoms with Crippen LogP contribution in [-0.4, -0.2) is 19.5 Å². The second-order valence-corrected chi connectivity index (χ2v) is 16.7. The zero-order valence-corrected chi connectivity index (χ0v) is 36.5. The molecule has 3 heterocycles. The summed E-state index contributed by atoms with van der Waals surface area (Å²) in [5.41, 5.74) is 18.4. The molecule has 0 aliphatic heterocycles. The molecule has 0 saturated heterocycles. The van der Waals surface area contributed by atoms with Crippen LogP contribution in [0.25, 0.3) is 117 Å². The minimum absolute atomic E-state index is 0.646. The molecule has 0 fully saturated rings. The number of fused-ring (bicyclic) bond motifs is 3. The van der Waals surface area contributed by atoms with Crippen LogP contribution in [0.4, 0.5) is 0 Å². The lowest BCUT2D eigenvalue weighted by atomic mass is 9.83. The normalized spacial score (nSPS) is 11.3. The average Bonchev–Trinajstić information content (AvgIpc) is 3.76. The Balaban J connectivity index is 1.07. The van der Waals surface area contributed by atoms with Crippen LogP contribution in [-0.2, 0) is 0 Å². The van der Waals surface area contributed by atoms with Crippen LogP contribution in [0, 0.1) is 0 Å². The third kappa shape index (κ3) is 7.37. The highest BCUT2D eigenvalue weighted by Gasteiger charge is 2.26. The summed E-state index contributed by atoms with van der Waals surface area (Å²) in [5, 5.41) is 2.48. The van der Waals surface area contributed by atoms with E-state index in [1.54, 1.807) is 0 Å². The number of para-hydroxylation sites is 2. The van der Waals surface area contributed by atoms with E-state index in [4.69, 9.17) is 15.0 Å². The van der Waals surface area contributed by atoms with Gasteiger partial charge in [0.25, 0.3) is 0 Å². The maximum Gasteiger partial charge on any atom is 0.160 e. The first-order valence-corrected chi connectivity index (χ1v) is 22.7. The van der Waals surface area contributed by atoms with Gasteiger partial charge in [-0.25, -0.2) is 15.0 Å². The Morgan fingerprint density at radius 1 is 0.254 bits per heavy atom. The Labute approximate surface area is 389 Å². The van der Waals surface area contributed by atoms with Crippen molar-refractivity contribution in [1.29, 1.82) is 0 Å². The number of aromatic nitrogens is 4. The minimum atomic E-state index is 0.646. The minimum Gasteiger partial charge on any atom is -0.309 e. The van der Waals surface area contributed by atoms with Crippen molar-refractivity contribution in [1.82, 2.24) is 19.5 Å². The molecule has 0 amide bonds. The molecule has 0 spiro atoms. The van der Waals surface area contributed by atoms with Gasteiger partial charge in [-0.05, 0) is 53.1 Å². The molecule has 3 aromatic heterocycles. The van der Waals surface area contributed by atoms with Gasteiger partial charge in [0.05, 0.1) is 33.8 Å². The number of nitrogens with zero attached hydrogens (tertiary/aromatic N) is 4. The van der Waals surface area contributed by atoms with E-state index in [1.165, 1.54) is 21.8 Å². The summed E-state index contributed by atoms with van der Waals surface area (Å²) >= 11 is 0. The van der Waals surface area contributed by atoms with E-state index < -0.39 is 0 Å². The van der Waals surface area contributed by atoms with Gasteiger partial charge in [0.2, 0.25) is 0 Å². The molecule has 314 valence electrons. The maximum absolute atomic E-state index is 5.65. The first kappa shape index (κ1) is 39.6. The second kappa shape index (κ2) is 17.2. The van der Waals surface area contributed by atoms with Gasteiger partial charge in [-0.3, -0.25) is 0 Å². The molecule has 0 bridgehead atoms. The van der Waals surface area contributed by atoms with E-state index in [0.29, 0.717) is 5.82 Å². The number of pyridine rings is 1. The number of hydrogen-bond donors (Lipinski definition) is 0. The van der Waals surface area contributed by atoms with Crippen LogP contribution >= 0.6 is 0 Å². The molecular formula is C63H42N4. The Morgan fingerprint density at radius 3 is 1.13 bits per heavy atom. The van der Waals surface area contributed by atoms with E-state index in [2.05, 4.69) is 253 Å². The Bertz CT molecular complexity index is 3540. The van der Waals surface area contributed by atoms with Crippen LogP contribution in [0.15, 0.2) is 255 Å². The van der Waals surface area contributed by atoms with Gasteiger partial charge in [-0.1, -0.05) is 218 Å². The lowest BCUT2D eigenvalue weighted by molar-refractivity contribution is 1.17. The highest BCUT2D eigenvalue weighted by molar-refractivity contribution is 6.09. The fraction of sp³-hybridized carbons (Fsp3) is 0. The summed E-state index contributed by atoms with van der Waals surface area (Å²) in [6.07, 6.45) is 0. The largest absolute Gasteiger partial charge is 0.309 e. The summed E-state index contributed by atoms with van der Waals surface area (Å²) in [4.78, 5) is 16.4. The summed E-state index contributed by atoms with van der Waals surface area (Å²) in [5.74, 6) is 0.646. The fourth-order valence-corrected chi connectivity index (χ4v) is 9.53. The molecule has 0 N–H and O–H groups in total. The fourth-order valence-electron chi connectivity index (χ4n) is 9.53. The number of rotatable bonds is 9. The molecule has 9 aromatic carbocycles. The zero-order valence-electron chi connectivity index (χ0n) is 36.5. The lowest BCUT2D eigenvalue weighted by Crippen LogP contribution is -2.02. The first-order chi connectivity index (χ1) is 33.2. The summed E-state index contributed by atoms with van der Waals surface area (Å²) in [7, 11) is 0. The number of benzene rings is 9. The summed E-state index contributed by atoms with van der Waals surface area (Å²) in [6.45, 7) is 0. The molecule has 67 heavy (non-hydrogen) atoms. The molecule has 0 atom stereocenters. The van der Waals surface area contributed by atoms with E-state index in [0.717, 1.165) is 89.7 Å². The predicted molar refractivity (Wildman–Crippen MR) is 278 cm³/mol. The van der Waals surface area contributed by atoms with Crippen LogP contribution < -0.4 is 0 Å². The third-order valence-corrected chi connectivity index (χ3v) is 12.6. The SMILES string of the molecule is c1ccc(-c2cc(-c3ccc(-n4c5ccccc5c5ccccc54)cc3)nc(-c3cccc(-c4c(-c5ccccc5)c(-c5ccccc5)nc(-c5ccccc5)c4-c4ccccc4)c3)n2)cc1. The summed E-state index contributed by atoms with van der Waals surface area (Å²) in [6, 6.07) is 89.7. The number of hydrogen-bond acceptors (Lipinski definition) is 3. The van der Waals surface area contributed by atoms with Crippen molar-refractivity contribution in [2.45, 2.75) is 0 Å². The van der Waals surface area contributed by atoms with Gasteiger partial charge in [-0.2, -0.15) is 0 Å². The zero-order chi connectivity index (χ0) is 44.5. The van der Waals surface area contributed by atoms with E-state index in [-0.39, 0.29) is 0 Å². The molecule has 4 heteroatoms. The van der Waals surface area contributed by atoms with Gasteiger partial charge >= 0.3 is 0 Å². The standard InChI is InChI=1S/C63H42N4/c1-6-21-43(22-7-1)54-42-55(44-37-39-51(40-38-44)67-56-35-18-16-33-52(56)53-34-17-19-36-57(53)67)65-63(64-54)50-32-20-31-49(41-50)58-59(45-23-8-2-9-24-45)61(47-27-12-4-13-28-47)66-62(48-29-14-5-15-30-48)60(58)46-25-10-3-11-26-46/h1-42H. The molecular weight excluding hydrogens is 813 g/mol. The highest BCUT2D eigenvalue weighted by atomic mass is 15.0. The van der Waals surface area contributed by atoms with Crippen molar-refractivity contribution >= 4 is 21.8 Å². The van der Waals surface area contributed by atoms with Gasteiger partial charge in [-0.15, -0.1) is 0 Å². The molecule has 0 aliphatic carbocycles. The van der Waals surface area contributed by atoms with Gasteiger partial charge in [0.15, 0.2) is 5.82 Å². The van der Waals surface area contributed by atoms with Crippen LogP contribution in [0.2, 0.25) is 0 Å². The monoisotopic (exact) mass is 854 g/mol. The van der Waals surface area contributed by atoms with E-state index in [1.807, 2.05) is 6.07 Å². The van der Waals surface area contributed by atoms with Gasteiger partial charge < -0.3 is 4.57 Å². The maximum atomic E-state index is 5.65. The highest BCUT2D eigenvalue weighted by Crippen LogP contribution is 2.49. The van der Waals surface area contributed by atoms with Gasteiger partial charge in [0.1, 0.15) is 0 Å². The molecule has 12 rings (SSSR count). The van der Waals surface area contributed by atoms with Crippen molar-refractivity contribution in [3.63, 3.8) is 0 Å².